The number of phenolic OH excluding ortho intramolecular Hbond substituents is 1. The minimum atomic E-state index is 0.172. The molecule has 0 saturated carbocycles. The summed E-state index contributed by atoms with van der Waals surface area (Å²) < 4.78 is 5.64. The highest BCUT2D eigenvalue weighted by Gasteiger charge is 2.04. The average Bonchev–Trinajstić information content (AvgIpc) is 2.43. The molecule has 0 aliphatic carbocycles. The third-order valence-corrected chi connectivity index (χ3v) is 2.76. The Morgan fingerprint density at radius 2 is 1.84 bits per heavy atom. The number of halogens is 1. The van der Waals surface area contributed by atoms with Crippen LogP contribution in [0.25, 0.3) is 0 Å². The Morgan fingerprint density at radius 1 is 1.11 bits per heavy atom. The van der Waals surface area contributed by atoms with E-state index in [0.717, 1.165) is 12.0 Å². The Labute approximate surface area is 119 Å². The number of phenols is 1. The van der Waals surface area contributed by atoms with Crippen molar-refractivity contribution in [3.05, 3.63) is 53.1 Å². The first-order valence-electron chi connectivity index (χ1n) is 6.44. The molecule has 0 unspecified atom stereocenters. The van der Waals surface area contributed by atoms with E-state index in [1.165, 1.54) is 0 Å². The zero-order valence-electron chi connectivity index (χ0n) is 11.5. The van der Waals surface area contributed by atoms with Crippen molar-refractivity contribution in [3.8, 4) is 17.2 Å². The van der Waals surface area contributed by atoms with E-state index in [0.29, 0.717) is 16.5 Å². The Morgan fingerprint density at radius 3 is 2.47 bits per heavy atom. The van der Waals surface area contributed by atoms with Crippen LogP contribution in [0.1, 0.15) is 26.3 Å². The molecule has 3 heteroatoms. The van der Waals surface area contributed by atoms with Gasteiger partial charge in [0.05, 0.1) is 5.02 Å². The summed E-state index contributed by atoms with van der Waals surface area (Å²) in [7, 11) is 0. The maximum absolute atomic E-state index is 9.35. The van der Waals surface area contributed by atoms with Gasteiger partial charge in [0.1, 0.15) is 17.2 Å². The Balaban J connectivity index is 0.000000861. The molecule has 0 spiro atoms. The first-order valence-corrected chi connectivity index (χ1v) is 6.82. The van der Waals surface area contributed by atoms with Crippen molar-refractivity contribution in [3.63, 3.8) is 0 Å². The molecular weight excluding hydrogens is 260 g/mol. The van der Waals surface area contributed by atoms with Crippen molar-refractivity contribution < 1.29 is 9.84 Å². The standard InChI is InChI=1S/C14H13ClO2.C2H6/c1-2-10-6-7-13(15)14(8-10)17-12-5-3-4-11(16)9-12;1-2/h3-9,16H,2H2,1H3;1-2H3. The van der Waals surface area contributed by atoms with Gasteiger partial charge in [-0.05, 0) is 36.2 Å². The molecule has 0 fully saturated rings. The molecule has 2 aromatic rings. The van der Waals surface area contributed by atoms with Gasteiger partial charge < -0.3 is 9.84 Å². The minimum absolute atomic E-state index is 0.172. The lowest BCUT2D eigenvalue weighted by Crippen LogP contribution is -1.87. The second-order valence-electron chi connectivity index (χ2n) is 3.72. The fourth-order valence-electron chi connectivity index (χ4n) is 1.52. The number of hydrogen-bond donors (Lipinski definition) is 1. The van der Waals surface area contributed by atoms with Crippen LogP contribution in [-0.4, -0.2) is 5.11 Å². The maximum Gasteiger partial charge on any atom is 0.146 e. The van der Waals surface area contributed by atoms with Crippen LogP contribution < -0.4 is 4.74 Å². The molecule has 0 atom stereocenters. The van der Waals surface area contributed by atoms with Crippen LogP contribution in [0.15, 0.2) is 42.5 Å². The largest absolute Gasteiger partial charge is 0.508 e. The molecule has 19 heavy (non-hydrogen) atoms. The van der Waals surface area contributed by atoms with Crippen LogP contribution in [0.3, 0.4) is 0 Å². The number of hydrogen-bond acceptors (Lipinski definition) is 2. The van der Waals surface area contributed by atoms with E-state index >= 15 is 0 Å². The summed E-state index contributed by atoms with van der Waals surface area (Å²) in [6.45, 7) is 6.07. The number of rotatable bonds is 3. The van der Waals surface area contributed by atoms with Gasteiger partial charge in [-0.2, -0.15) is 0 Å². The van der Waals surface area contributed by atoms with E-state index in [-0.39, 0.29) is 5.75 Å². The van der Waals surface area contributed by atoms with Gasteiger partial charge in [-0.25, -0.2) is 0 Å². The average molecular weight is 279 g/mol. The molecule has 0 amide bonds. The zero-order chi connectivity index (χ0) is 14.3. The third-order valence-electron chi connectivity index (χ3n) is 2.45. The quantitative estimate of drug-likeness (QED) is 0.811. The summed E-state index contributed by atoms with van der Waals surface area (Å²) >= 11 is 6.06. The lowest BCUT2D eigenvalue weighted by atomic mass is 10.1. The predicted molar refractivity (Wildman–Crippen MR) is 80.4 cm³/mol. The summed E-state index contributed by atoms with van der Waals surface area (Å²) in [5.74, 6) is 1.35. The topological polar surface area (TPSA) is 29.5 Å². The highest BCUT2D eigenvalue weighted by Crippen LogP contribution is 2.31. The van der Waals surface area contributed by atoms with E-state index < -0.39 is 0 Å². The summed E-state index contributed by atoms with van der Waals surface area (Å²) in [6, 6.07) is 12.3. The Bertz CT molecular complexity index is 524. The van der Waals surface area contributed by atoms with Crippen molar-refractivity contribution in [2.45, 2.75) is 27.2 Å². The van der Waals surface area contributed by atoms with Crippen molar-refractivity contribution in [1.29, 1.82) is 0 Å². The van der Waals surface area contributed by atoms with Crippen LogP contribution in [0.4, 0.5) is 0 Å². The van der Waals surface area contributed by atoms with Gasteiger partial charge in [-0.1, -0.05) is 44.5 Å². The van der Waals surface area contributed by atoms with Crippen LogP contribution >= 0.6 is 11.6 Å². The fraction of sp³-hybridized carbons (Fsp3) is 0.250. The molecule has 0 radical (unpaired) electrons. The molecule has 0 aliphatic heterocycles. The van der Waals surface area contributed by atoms with Crippen molar-refractivity contribution in [1.82, 2.24) is 0 Å². The van der Waals surface area contributed by atoms with Gasteiger partial charge in [-0.15, -0.1) is 0 Å². The number of ether oxygens (including phenoxy) is 1. The molecule has 2 aromatic carbocycles. The third kappa shape index (κ3) is 4.49. The zero-order valence-corrected chi connectivity index (χ0v) is 12.2. The molecule has 0 saturated heterocycles. The van der Waals surface area contributed by atoms with Gasteiger partial charge in [0.2, 0.25) is 0 Å². The van der Waals surface area contributed by atoms with E-state index in [1.54, 1.807) is 24.3 Å². The van der Waals surface area contributed by atoms with Crippen LogP contribution in [0.5, 0.6) is 17.2 Å². The fourth-order valence-corrected chi connectivity index (χ4v) is 1.68. The summed E-state index contributed by atoms with van der Waals surface area (Å²) in [5.41, 5.74) is 1.16. The number of aromatic hydroxyl groups is 1. The first-order chi connectivity index (χ1) is 9.19. The van der Waals surface area contributed by atoms with E-state index in [4.69, 9.17) is 16.3 Å². The Kier molecular flexibility index (Phi) is 6.23. The van der Waals surface area contributed by atoms with Crippen molar-refractivity contribution >= 4 is 11.6 Å². The molecular formula is C16H19ClO2. The van der Waals surface area contributed by atoms with E-state index in [2.05, 4.69) is 6.92 Å². The minimum Gasteiger partial charge on any atom is -0.508 e. The van der Waals surface area contributed by atoms with Crippen molar-refractivity contribution in [2.75, 3.05) is 0 Å². The van der Waals surface area contributed by atoms with E-state index in [9.17, 15) is 5.11 Å². The molecule has 2 nitrogen and oxygen atoms in total. The second-order valence-corrected chi connectivity index (χ2v) is 4.12. The lowest BCUT2D eigenvalue weighted by molar-refractivity contribution is 0.455. The summed E-state index contributed by atoms with van der Waals surface area (Å²) in [5, 5.41) is 9.91. The molecule has 0 aromatic heterocycles. The second kappa shape index (κ2) is 7.70. The van der Waals surface area contributed by atoms with Gasteiger partial charge in [-0.3, -0.25) is 0 Å². The smallest absolute Gasteiger partial charge is 0.146 e. The van der Waals surface area contributed by atoms with E-state index in [1.807, 2.05) is 32.0 Å². The van der Waals surface area contributed by atoms with Gasteiger partial charge in [0.25, 0.3) is 0 Å². The SMILES string of the molecule is CC.CCc1ccc(Cl)c(Oc2cccc(O)c2)c1. The molecule has 0 bridgehead atoms. The van der Waals surface area contributed by atoms with Crippen LogP contribution in [0.2, 0.25) is 5.02 Å². The van der Waals surface area contributed by atoms with Crippen molar-refractivity contribution in [2.24, 2.45) is 0 Å². The molecule has 102 valence electrons. The first kappa shape index (κ1) is 15.4. The molecule has 1 N–H and O–H groups in total. The lowest BCUT2D eigenvalue weighted by Gasteiger charge is -2.09. The summed E-state index contributed by atoms with van der Waals surface area (Å²) in [6.07, 6.45) is 0.924. The van der Waals surface area contributed by atoms with Gasteiger partial charge in [0.15, 0.2) is 0 Å². The van der Waals surface area contributed by atoms with Gasteiger partial charge in [0, 0.05) is 6.07 Å². The highest BCUT2D eigenvalue weighted by molar-refractivity contribution is 6.32. The molecule has 2 rings (SSSR count). The maximum atomic E-state index is 9.35. The normalized spacial score (nSPS) is 9.47. The monoisotopic (exact) mass is 278 g/mol. The highest BCUT2D eigenvalue weighted by atomic mass is 35.5. The predicted octanol–water partition coefficient (Wildman–Crippen LogP) is 5.43. The summed E-state index contributed by atoms with van der Waals surface area (Å²) in [4.78, 5) is 0. The van der Waals surface area contributed by atoms with Crippen LogP contribution in [0, 0.1) is 0 Å². The number of aryl methyl sites for hydroxylation is 1. The van der Waals surface area contributed by atoms with Crippen LogP contribution in [-0.2, 0) is 6.42 Å². The molecule has 0 heterocycles. The Hall–Kier alpha value is -1.67. The number of benzene rings is 2. The molecule has 0 aliphatic rings. The van der Waals surface area contributed by atoms with Gasteiger partial charge >= 0.3 is 0 Å².